The minimum atomic E-state index is -4.50. The van der Waals surface area contributed by atoms with Gasteiger partial charge < -0.3 is 29.2 Å². The number of nitrogens with zero attached hydrogens (tertiary/aromatic N) is 2. The first kappa shape index (κ1) is 34.4. The summed E-state index contributed by atoms with van der Waals surface area (Å²) in [5.41, 5.74) is 0.184. The van der Waals surface area contributed by atoms with Gasteiger partial charge in [-0.1, -0.05) is 31.0 Å². The number of carbonyl (C=O) groups excluding carboxylic acids is 2. The summed E-state index contributed by atoms with van der Waals surface area (Å²) < 4.78 is 66.0. The number of methoxy groups -OCH3 is 4. The number of hydrogen-bond donors (Lipinski definition) is 1. The van der Waals surface area contributed by atoms with Crippen LogP contribution in [0.4, 0.5) is 10.1 Å². The number of halogens is 1. The van der Waals surface area contributed by atoms with Crippen LogP contribution < -0.4 is 28.6 Å². The summed E-state index contributed by atoms with van der Waals surface area (Å²) in [4.78, 5) is 28.7. The SMILES string of the molecule is COc1ccc(OC)c(N(CC(=O)N(Cc2ccccc2F)C(C)C(=O)NC2CCCC2)S(=O)(=O)c2ccc(OC)c(OC)c2)c1. The molecule has 0 aliphatic heterocycles. The highest BCUT2D eigenvalue weighted by molar-refractivity contribution is 7.92. The molecule has 0 heterocycles. The predicted octanol–water partition coefficient (Wildman–Crippen LogP) is 4.53. The van der Waals surface area contributed by atoms with Gasteiger partial charge in [-0.2, -0.15) is 0 Å². The highest BCUT2D eigenvalue weighted by atomic mass is 32.2. The van der Waals surface area contributed by atoms with E-state index in [1.165, 1.54) is 81.9 Å². The first-order chi connectivity index (χ1) is 22.0. The van der Waals surface area contributed by atoms with Gasteiger partial charge in [0.2, 0.25) is 11.8 Å². The van der Waals surface area contributed by atoms with Crippen LogP contribution in [0.15, 0.2) is 65.6 Å². The molecular formula is C33H40FN3O8S. The van der Waals surface area contributed by atoms with Crippen molar-refractivity contribution in [1.82, 2.24) is 10.2 Å². The minimum absolute atomic E-state index is 0.0129. The lowest BCUT2D eigenvalue weighted by Gasteiger charge is -2.33. The summed E-state index contributed by atoms with van der Waals surface area (Å²) in [7, 11) is 1.08. The van der Waals surface area contributed by atoms with Gasteiger partial charge in [0.25, 0.3) is 10.0 Å². The Bertz CT molecular complexity index is 1650. The maximum absolute atomic E-state index is 14.9. The third kappa shape index (κ3) is 7.64. The van der Waals surface area contributed by atoms with E-state index < -0.39 is 40.2 Å². The Labute approximate surface area is 269 Å². The summed E-state index contributed by atoms with van der Waals surface area (Å²) in [5, 5.41) is 2.99. The van der Waals surface area contributed by atoms with Crippen molar-refractivity contribution in [3.05, 3.63) is 72.0 Å². The van der Waals surface area contributed by atoms with Crippen LogP contribution in [0, 0.1) is 5.82 Å². The van der Waals surface area contributed by atoms with Crippen LogP contribution in [0.25, 0.3) is 0 Å². The second-order valence-electron chi connectivity index (χ2n) is 10.8. The molecular weight excluding hydrogens is 617 g/mol. The molecule has 46 heavy (non-hydrogen) atoms. The summed E-state index contributed by atoms with van der Waals surface area (Å²) >= 11 is 0. The number of nitrogens with one attached hydrogen (secondary N) is 1. The molecule has 0 spiro atoms. The second-order valence-corrected chi connectivity index (χ2v) is 12.7. The van der Waals surface area contributed by atoms with Crippen molar-refractivity contribution in [2.24, 2.45) is 0 Å². The Hall–Kier alpha value is -4.52. The van der Waals surface area contributed by atoms with Gasteiger partial charge in [-0.3, -0.25) is 13.9 Å². The molecule has 11 nitrogen and oxygen atoms in total. The van der Waals surface area contributed by atoms with E-state index in [-0.39, 0.29) is 40.2 Å². The molecule has 3 aromatic carbocycles. The quantitative estimate of drug-likeness (QED) is 0.268. The van der Waals surface area contributed by atoms with Crippen LogP contribution in [0.1, 0.15) is 38.2 Å². The Balaban J connectivity index is 1.80. The number of sulfonamides is 1. The van der Waals surface area contributed by atoms with Gasteiger partial charge in [-0.05, 0) is 50.1 Å². The molecule has 1 unspecified atom stereocenters. The molecule has 0 bridgehead atoms. The average Bonchev–Trinajstić information content (AvgIpc) is 3.58. The largest absolute Gasteiger partial charge is 0.497 e. The van der Waals surface area contributed by atoms with E-state index in [1.54, 1.807) is 19.1 Å². The lowest BCUT2D eigenvalue weighted by molar-refractivity contribution is -0.139. The van der Waals surface area contributed by atoms with E-state index in [1.807, 2.05) is 0 Å². The molecule has 248 valence electrons. The van der Waals surface area contributed by atoms with Gasteiger partial charge in [0.1, 0.15) is 29.9 Å². The fourth-order valence-corrected chi connectivity index (χ4v) is 6.83. The molecule has 3 aromatic rings. The van der Waals surface area contributed by atoms with Crippen molar-refractivity contribution in [1.29, 1.82) is 0 Å². The zero-order valence-corrected chi connectivity index (χ0v) is 27.4. The van der Waals surface area contributed by atoms with Crippen LogP contribution in [-0.4, -0.2) is 72.2 Å². The Morgan fingerprint density at radius 1 is 0.891 bits per heavy atom. The number of ether oxygens (including phenoxy) is 4. The van der Waals surface area contributed by atoms with Crippen LogP contribution >= 0.6 is 0 Å². The van der Waals surface area contributed by atoms with Gasteiger partial charge in [0.15, 0.2) is 11.5 Å². The van der Waals surface area contributed by atoms with Gasteiger partial charge in [0.05, 0.1) is 39.0 Å². The van der Waals surface area contributed by atoms with Crippen molar-refractivity contribution in [3.8, 4) is 23.0 Å². The van der Waals surface area contributed by atoms with Crippen LogP contribution in [0.5, 0.6) is 23.0 Å². The van der Waals surface area contributed by atoms with Gasteiger partial charge in [-0.25, -0.2) is 12.8 Å². The van der Waals surface area contributed by atoms with Gasteiger partial charge in [-0.15, -0.1) is 0 Å². The summed E-state index contributed by atoms with van der Waals surface area (Å²) in [5.74, 6) is -0.801. The highest BCUT2D eigenvalue weighted by Gasteiger charge is 2.35. The fourth-order valence-electron chi connectivity index (χ4n) is 5.39. The standard InChI is InChI=1S/C33H40FN3O8S/c1-22(33(39)35-24-11-7-8-12-24)36(20-23-10-6-9-13-27(23)34)32(38)21-37(28-18-25(42-2)14-16-29(28)43-3)46(40,41)26-15-17-30(44-4)31(19-26)45-5/h6,9-10,13-19,22,24H,7-8,11-12,20-21H2,1-5H3,(H,35,39). The molecule has 1 N–H and O–H groups in total. The van der Waals surface area contributed by atoms with Gasteiger partial charge >= 0.3 is 0 Å². The second kappa shape index (κ2) is 15.2. The fraction of sp³-hybridized carbons (Fsp3) is 0.394. The number of hydrogen-bond acceptors (Lipinski definition) is 8. The zero-order valence-electron chi connectivity index (χ0n) is 26.6. The molecule has 2 amide bonds. The zero-order chi connectivity index (χ0) is 33.4. The van der Waals surface area contributed by atoms with Crippen molar-refractivity contribution in [2.75, 3.05) is 39.3 Å². The summed E-state index contributed by atoms with van der Waals surface area (Å²) in [6.07, 6.45) is 3.63. The third-order valence-electron chi connectivity index (χ3n) is 8.04. The van der Waals surface area contributed by atoms with Gasteiger partial charge in [0, 0.05) is 30.3 Å². The number of amides is 2. The lowest BCUT2D eigenvalue weighted by atomic mass is 10.1. The highest BCUT2D eigenvalue weighted by Crippen LogP contribution is 2.38. The number of carbonyl (C=O) groups is 2. The third-order valence-corrected chi connectivity index (χ3v) is 9.80. The Morgan fingerprint density at radius 2 is 1.54 bits per heavy atom. The van der Waals surface area contributed by atoms with Crippen molar-refractivity contribution in [2.45, 2.75) is 56.1 Å². The van der Waals surface area contributed by atoms with Crippen molar-refractivity contribution >= 4 is 27.5 Å². The number of anilines is 1. The first-order valence-corrected chi connectivity index (χ1v) is 16.3. The van der Waals surface area contributed by atoms with E-state index in [2.05, 4.69) is 5.32 Å². The first-order valence-electron chi connectivity index (χ1n) is 14.8. The van der Waals surface area contributed by atoms with Crippen LogP contribution in [-0.2, 0) is 26.2 Å². The van der Waals surface area contributed by atoms with E-state index >= 15 is 0 Å². The molecule has 0 saturated heterocycles. The molecule has 1 aliphatic carbocycles. The molecule has 0 aromatic heterocycles. The van der Waals surface area contributed by atoms with E-state index in [4.69, 9.17) is 18.9 Å². The average molecular weight is 658 g/mol. The molecule has 0 radical (unpaired) electrons. The topological polar surface area (TPSA) is 124 Å². The van der Waals surface area contributed by atoms with Crippen LogP contribution in [0.3, 0.4) is 0 Å². The monoisotopic (exact) mass is 657 g/mol. The Kier molecular flexibility index (Phi) is 11.3. The Morgan fingerprint density at radius 3 is 2.17 bits per heavy atom. The lowest BCUT2D eigenvalue weighted by Crippen LogP contribution is -2.52. The van der Waals surface area contributed by atoms with Crippen LogP contribution in [0.2, 0.25) is 0 Å². The number of benzene rings is 3. The predicted molar refractivity (Wildman–Crippen MR) is 170 cm³/mol. The maximum atomic E-state index is 14.9. The molecule has 1 atom stereocenters. The van der Waals surface area contributed by atoms with Crippen molar-refractivity contribution < 1.29 is 41.3 Å². The normalized spacial score (nSPS) is 13.9. The van der Waals surface area contributed by atoms with E-state index in [0.717, 1.165) is 30.0 Å². The molecule has 13 heteroatoms. The molecule has 1 aliphatic rings. The van der Waals surface area contributed by atoms with E-state index in [0.29, 0.717) is 11.5 Å². The molecule has 4 rings (SSSR count). The number of rotatable bonds is 14. The summed E-state index contributed by atoms with van der Waals surface area (Å²) in [6, 6.07) is 13.4. The molecule has 1 fully saturated rings. The van der Waals surface area contributed by atoms with Crippen molar-refractivity contribution in [3.63, 3.8) is 0 Å². The maximum Gasteiger partial charge on any atom is 0.265 e. The summed E-state index contributed by atoms with van der Waals surface area (Å²) in [6.45, 7) is 0.516. The minimum Gasteiger partial charge on any atom is -0.497 e. The smallest absolute Gasteiger partial charge is 0.265 e. The molecule has 1 saturated carbocycles. The van der Waals surface area contributed by atoms with E-state index in [9.17, 15) is 22.4 Å².